The van der Waals surface area contributed by atoms with Crippen molar-refractivity contribution in [1.29, 1.82) is 0 Å². The first-order chi connectivity index (χ1) is 15.3. The molecule has 1 nitrogen and oxygen atoms in total. The molecule has 0 aliphatic rings. The van der Waals surface area contributed by atoms with Crippen molar-refractivity contribution in [3.63, 3.8) is 0 Å². The predicted molar refractivity (Wildman–Crippen MR) is 116 cm³/mol. The van der Waals surface area contributed by atoms with E-state index >= 15 is 0 Å². The minimum Gasteiger partial charge on any atom is -0.289 e. The molecule has 0 heterocycles. The number of carbonyl (C=O) groups excluding carboxylic acids is 1. The molecule has 0 aliphatic heterocycles. The van der Waals surface area contributed by atoms with Crippen LogP contribution in [-0.2, 0) is 12.4 Å². The molecule has 0 N–H and O–H groups in total. The van der Waals surface area contributed by atoms with Crippen LogP contribution >= 0.6 is 0 Å². The molecule has 0 aromatic heterocycles. The van der Waals surface area contributed by atoms with E-state index in [1.807, 2.05) is 19.1 Å². The minimum absolute atomic E-state index is 0.0820. The van der Waals surface area contributed by atoms with E-state index in [0.29, 0.717) is 22.3 Å². The maximum atomic E-state index is 13.5. The fourth-order valence-electron chi connectivity index (χ4n) is 3.73. The summed E-state index contributed by atoms with van der Waals surface area (Å²) in [6.07, 6.45) is -7.65. The van der Waals surface area contributed by atoms with Crippen molar-refractivity contribution >= 4 is 17.4 Å². The van der Waals surface area contributed by atoms with Crippen LogP contribution in [0.4, 0.5) is 26.3 Å². The lowest BCUT2D eigenvalue weighted by Gasteiger charge is -2.15. The fraction of sp³-hybridized carbons (Fsp3) is 0.192. The normalized spacial score (nSPS) is 12.7. The predicted octanol–water partition coefficient (Wildman–Crippen LogP) is 8.07. The molecule has 0 bridgehead atoms. The van der Waals surface area contributed by atoms with E-state index in [1.54, 1.807) is 13.8 Å². The lowest BCUT2D eigenvalue weighted by Crippen LogP contribution is -2.09. The number of alkyl halides is 6. The molecule has 172 valence electrons. The van der Waals surface area contributed by atoms with Gasteiger partial charge in [-0.15, -0.1) is 0 Å². The summed E-state index contributed by atoms with van der Waals surface area (Å²) < 4.78 is 77.7. The number of aryl methyl sites for hydroxylation is 3. The molecule has 0 radical (unpaired) electrons. The maximum absolute atomic E-state index is 13.5. The van der Waals surface area contributed by atoms with Gasteiger partial charge in [0.2, 0.25) is 0 Å². The number of allylic oxidation sites excluding steroid dienone is 1. The monoisotopic (exact) mass is 462 g/mol. The van der Waals surface area contributed by atoms with Gasteiger partial charge in [0.05, 0.1) is 11.1 Å². The van der Waals surface area contributed by atoms with Gasteiger partial charge in [-0.1, -0.05) is 42.0 Å². The molecule has 0 aliphatic carbocycles. The van der Waals surface area contributed by atoms with Gasteiger partial charge < -0.3 is 0 Å². The highest BCUT2D eigenvalue weighted by molar-refractivity contribution is 6.33. The zero-order chi connectivity index (χ0) is 24.6. The van der Waals surface area contributed by atoms with Gasteiger partial charge in [-0.05, 0) is 73.4 Å². The highest BCUT2D eigenvalue weighted by Gasteiger charge is 2.31. The SMILES string of the molecule is Cc1cc(C)c(C(=O)/C(=C/c2ccc(C(F)(F)F)cc2)c2ccc(C(F)(F)F)cc2)c(C)c1. The third kappa shape index (κ3) is 5.53. The van der Waals surface area contributed by atoms with E-state index in [-0.39, 0.29) is 11.1 Å². The van der Waals surface area contributed by atoms with Gasteiger partial charge in [-0.25, -0.2) is 0 Å². The van der Waals surface area contributed by atoms with E-state index in [0.717, 1.165) is 29.8 Å². The van der Waals surface area contributed by atoms with Gasteiger partial charge in [0.15, 0.2) is 5.78 Å². The van der Waals surface area contributed by atoms with Crippen LogP contribution in [0.15, 0.2) is 60.7 Å². The second-order valence-corrected chi connectivity index (χ2v) is 7.86. The first kappa shape index (κ1) is 24.3. The Bertz CT molecular complexity index is 1170. The van der Waals surface area contributed by atoms with E-state index in [2.05, 4.69) is 0 Å². The minimum atomic E-state index is -4.54. The van der Waals surface area contributed by atoms with Crippen LogP contribution in [0.5, 0.6) is 0 Å². The van der Waals surface area contributed by atoms with Crippen LogP contribution in [0.2, 0.25) is 0 Å². The van der Waals surface area contributed by atoms with Gasteiger partial charge in [0, 0.05) is 11.1 Å². The third-order valence-electron chi connectivity index (χ3n) is 5.22. The van der Waals surface area contributed by atoms with Gasteiger partial charge in [-0.2, -0.15) is 26.3 Å². The van der Waals surface area contributed by atoms with Crippen molar-refractivity contribution < 1.29 is 31.1 Å². The van der Waals surface area contributed by atoms with Gasteiger partial charge in [0.25, 0.3) is 0 Å². The number of hydrogen-bond donors (Lipinski definition) is 0. The molecule has 0 saturated carbocycles. The Labute approximate surface area is 187 Å². The van der Waals surface area contributed by atoms with Crippen LogP contribution in [0.3, 0.4) is 0 Å². The Morgan fingerprint density at radius 2 is 1.12 bits per heavy atom. The molecular weight excluding hydrogens is 442 g/mol. The zero-order valence-corrected chi connectivity index (χ0v) is 18.0. The number of hydrogen-bond acceptors (Lipinski definition) is 1. The molecule has 7 heteroatoms. The van der Waals surface area contributed by atoms with Crippen LogP contribution in [-0.4, -0.2) is 5.78 Å². The quantitative estimate of drug-likeness (QED) is 0.166. The molecule has 0 atom stereocenters. The average Bonchev–Trinajstić information content (AvgIpc) is 2.70. The second kappa shape index (κ2) is 8.89. The number of rotatable bonds is 4. The number of carbonyl (C=O) groups is 1. The Morgan fingerprint density at radius 1 is 0.697 bits per heavy atom. The van der Waals surface area contributed by atoms with E-state index < -0.39 is 29.3 Å². The maximum Gasteiger partial charge on any atom is 0.416 e. The molecule has 0 amide bonds. The Balaban J connectivity index is 2.15. The number of Topliss-reactive ketones (excluding diaryl/α,β-unsaturated/α-hetero) is 1. The molecule has 0 unspecified atom stereocenters. The summed E-state index contributed by atoms with van der Waals surface area (Å²) in [4.78, 5) is 13.5. The molecule has 0 fully saturated rings. The average molecular weight is 462 g/mol. The largest absolute Gasteiger partial charge is 0.416 e. The molecule has 0 spiro atoms. The molecule has 3 aromatic rings. The first-order valence-electron chi connectivity index (χ1n) is 9.96. The van der Waals surface area contributed by atoms with E-state index in [4.69, 9.17) is 0 Å². The summed E-state index contributed by atoms with van der Waals surface area (Å²) in [6, 6.07) is 12.0. The van der Waals surface area contributed by atoms with E-state index in [9.17, 15) is 31.1 Å². The van der Waals surface area contributed by atoms with Gasteiger partial charge in [0.1, 0.15) is 0 Å². The summed E-state index contributed by atoms with van der Waals surface area (Å²) in [5.74, 6) is -0.426. The van der Waals surface area contributed by atoms with Crippen molar-refractivity contribution in [1.82, 2.24) is 0 Å². The molecule has 3 rings (SSSR count). The first-order valence-corrected chi connectivity index (χ1v) is 9.96. The summed E-state index contributed by atoms with van der Waals surface area (Å²) in [6.45, 7) is 5.40. The van der Waals surface area contributed by atoms with Crippen LogP contribution in [0.25, 0.3) is 11.6 Å². The van der Waals surface area contributed by atoms with Crippen molar-refractivity contribution in [3.8, 4) is 0 Å². The molecule has 3 aromatic carbocycles. The summed E-state index contributed by atoms with van der Waals surface area (Å²) in [5, 5.41) is 0. The smallest absolute Gasteiger partial charge is 0.289 e. The van der Waals surface area contributed by atoms with Crippen molar-refractivity contribution in [3.05, 3.63) is 105 Å². The lowest BCUT2D eigenvalue weighted by atomic mass is 9.89. The number of halogens is 6. The van der Waals surface area contributed by atoms with Crippen LogP contribution in [0, 0.1) is 20.8 Å². The zero-order valence-electron chi connectivity index (χ0n) is 18.0. The Hall–Kier alpha value is -3.35. The van der Waals surface area contributed by atoms with Gasteiger partial charge >= 0.3 is 12.4 Å². The summed E-state index contributed by atoms with van der Waals surface area (Å²) in [7, 11) is 0. The lowest BCUT2D eigenvalue weighted by molar-refractivity contribution is -0.138. The molecule has 0 saturated heterocycles. The molecular formula is C26H20F6O. The van der Waals surface area contributed by atoms with Crippen molar-refractivity contribution in [2.45, 2.75) is 33.1 Å². The highest BCUT2D eigenvalue weighted by Crippen LogP contribution is 2.33. The summed E-state index contributed by atoms with van der Waals surface area (Å²) in [5.41, 5.74) is 1.66. The standard InChI is InChI=1S/C26H20F6O/c1-15-12-16(2)23(17(3)13-15)24(33)22(19-6-10-21(11-7-19)26(30,31)32)14-18-4-8-20(9-5-18)25(27,28)29/h4-14H,1-3H3/b22-14+. The highest BCUT2D eigenvalue weighted by atomic mass is 19.4. The summed E-state index contributed by atoms with van der Waals surface area (Å²) >= 11 is 0. The third-order valence-corrected chi connectivity index (χ3v) is 5.22. The van der Waals surface area contributed by atoms with Crippen LogP contribution in [0.1, 0.15) is 49.3 Å². The Kier molecular flexibility index (Phi) is 6.54. The second-order valence-electron chi connectivity index (χ2n) is 7.86. The molecule has 33 heavy (non-hydrogen) atoms. The fourth-order valence-corrected chi connectivity index (χ4v) is 3.73. The Morgan fingerprint density at radius 3 is 1.55 bits per heavy atom. The van der Waals surface area contributed by atoms with Crippen molar-refractivity contribution in [2.75, 3.05) is 0 Å². The van der Waals surface area contributed by atoms with Crippen LogP contribution < -0.4 is 0 Å². The number of benzene rings is 3. The van der Waals surface area contributed by atoms with Crippen molar-refractivity contribution in [2.24, 2.45) is 0 Å². The van der Waals surface area contributed by atoms with Gasteiger partial charge in [-0.3, -0.25) is 4.79 Å². The number of ketones is 1. The topological polar surface area (TPSA) is 17.1 Å². The van der Waals surface area contributed by atoms with E-state index in [1.165, 1.54) is 30.3 Å².